The van der Waals surface area contributed by atoms with E-state index in [4.69, 9.17) is 5.73 Å². The SMILES string of the molecule is Cc1ccc(C(N)C(=O)NCc2nc(C(C)(C)C)cs2)cc1. The van der Waals surface area contributed by atoms with Crippen LogP contribution in [0.2, 0.25) is 0 Å². The fourth-order valence-electron chi connectivity index (χ4n) is 1.93. The van der Waals surface area contributed by atoms with Crippen molar-refractivity contribution in [3.05, 3.63) is 51.5 Å². The molecule has 1 atom stereocenters. The first-order valence-corrected chi connectivity index (χ1v) is 8.20. The molecule has 118 valence electrons. The summed E-state index contributed by atoms with van der Waals surface area (Å²) < 4.78 is 0. The van der Waals surface area contributed by atoms with Crippen molar-refractivity contribution in [3.8, 4) is 0 Å². The number of benzene rings is 1. The van der Waals surface area contributed by atoms with Gasteiger partial charge in [-0.2, -0.15) is 0 Å². The predicted molar refractivity (Wildman–Crippen MR) is 90.8 cm³/mol. The molecule has 5 heteroatoms. The van der Waals surface area contributed by atoms with Gasteiger partial charge in [-0.3, -0.25) is 4.79 Å². The summed E-state index contributed by atoms with van der Waals surface area (Å²) in [5, 5.41) is 5.80. The van der Waals surface area contributed by atoms with Crippen molar-refractivity contribution in [3.63, 3.8) is 0 Å². The van der Waals surface area contributed by atoms with Gasteiger partial charge in [0.2, 0.25) is 5.91 Å². The molecule has 1 aromatic heterocycles. The molecular formula is C17H23N3OS. The van der Waals surface area contributed by atoms with E-state index in [-0.39, 0.29) is 11.3 Å². The summed E-state index contributed by atoms with van der Waals surface area (Å²) in [6, 6.07) is 7.04. The molecule has 2 aromatic rings. The van der Waals surface area contributed by atoms with Crippen molar-refractivity contribution in [1.82, 2.24) is 10.3 Å². The third-order valence-electron chi connectivity index (χ3n) is 3.45. The number of thiazole rings is 1. The van der Waals surface area contributed by atoms with Crippen LogP contribution in [0, 0.1) is 6.92 Å². The van der Waals surface area contributed by atoms with Gasteiger partial charge in [0.15, 0.2) is 0 Å². The van der Waals surface area contributed by atoms with Crippen molar-refractivity contribution in [2.45, 2.75) is 45.7 Å². The van der Waals surface area contributed by atoms with Crippen LogP contribution in [0.15, 0.2) is 29.6 Å². The summed E-state index contributed by atoms with van der Waals surface area (Å²) in [5.74, 6) is -0.184. The highest BCUT2D eigenvalue weighted by molar-refractivity contribution is 7.09. The molecule has 1 heterocycles. The molecule has 1 amide bonds. The highest BCUT2D eigenvalue weighted by Crippen LogP contribution is 2.23. The van der Waals surface area contributed by atoms with Crippen LogP contribution in [0.4, 0.5) is 0 Å². The molecule has 0 saturated carbocycles. The highest BCUT2D eigenvalue weighted by atomic mass is 32.1. The Morgan fingerprint density at radius 3 is 2.50 bits per heavy atom. The Morgan fingerprint density at radius 1 is 1.32 bits per heavy atom. The van der Waals surface area contributed by atoms with Crippen LogP contribution in [0.5, 0.6) is 0 Å². The van der Waals surface area contributed by atoms with E-state index >= 15 is 0 Å². The standard InChI is InChI=1S/C17H23N3OS/c1-11-5-7-12(8-6-11)15(18)16(21)19-9-14-20-13(10-22-14)17(2,3)4/h5-8,10,15H,9,18H2,1-4H3,(H,19,21). The molecule has 0 fully saturated rings. The normalized spacial score (nSPS) is 13.0. The third kappa shape index (κ3) is 4.15. The molecule has 3 N–H and O–H groups in total. The molecule has 0 radical (unpaired) electrons. The third-order valence-corrected chi connectivity index (χ3v) is 4.30. The summed E-state index contributed by atoms with van der Waals surface area (Å²) in [5.41, 5.74) is 9.03. The number of nitrogens with two attached hydrogens (primary N) is 1. The topological polar surface area (TPSA) is 68.0 Å². The molecular weight excluding hydrogens is 294 g/mol. The largest absolute Gasteiger partial charge is 0.348 e. The number of carbonyl (C=O) groups excluding carboxylic acids is 1. The predicted octanol–water partition coefficient (Wildman–Crippen LogP) is 3.07. The minimum absolute atomic E-state index is 0.0249. The van der Waals surface area contributed by atoms with Gasteiger partial charge in [-0.1, -0.05) is 50.6 Å². The molecule has 2 rings (SSSR count). The maximum Gasteiger partial charge on any atom is 0.241 e. The number of rotatable bonds is 4. The van der Waals surface area contributed by atoms with Crippen LogP contribution >= 0.6 is 11.3 Å². The summed E-state index contributed by atoms with van der Waals surface area (Å²) in [6.45, 7) is 8.79. The summed E-state index contributed by atoms with van der Waals surface area (Å²) in [4.78, 5) is 16.7. The molecule has 0 bridgehead atoms. The lowest BCUT2D eigenvalue weighted by atomic mass is 9.93. The zero-order valence-electron chi connectivity index (χ0n) is 13.5. The van der Waals surface area contributed by atoms with E-state index in [1.165, 1.54) is 0 Å². The first-order chi connectivity index (χ1) is 10.3. The number of carbonyl (C=O) groups is 1. The summed E-state index contributed by atoms with van der Waals surface area (Å²) >= 11 is 1.56. The number of aromatic nitrogens is 1. The average molecular weight is 317 g/mol. The van der Waals surface area contributed by atoms with E-state index in [0.717, 1.165) is 21.8 Å². The molecule has 0 saturated heterocycles. The minimum atomic E-state index is -0.650. The second kappa shape index (κ2) is 6.58. The van der Waals surface area contributed by atoms with Gasteiger partial charge in [-0.05, 0) is 12.5 Å². The molecule has 0 aliphatic heterocycles. The van der Waals surface area contributed by atoms with Crippen LogP contribution in [0.3, 0.4) is 0 Å². The van der Waals surface area contributed by atoms with Gasteiger partial charge in [0, 0.05) is 10.8 Å². The molecule has 1 aromatic carbocycles. The van der Waals surface area contributed by atoms with E-state index in [1.807, 2.05) is 36.6 Å². The van der Waals surface area contributed by atoms with E-state index in [0.29, 0.717) is 6.54 Å². The number of hydrogen-bond acceptors (Lipinski definition) is 4. The molecule has 0 spiro atoms. The minimum Gasteiger partial charge on any atom is -0.348 e. The van der Waals surface area contributed by atoms with Gasteiger partial charge in [0.1, 0.15) is 11.0 Å². The van der Waals surface area contributed by atoms with Crippen LogP contribution in [-0.4, -0.2) is 10.9 Å². The monoisotopic (exact) mass is 317 g/mol. The van der Waals surface area contributed by atoms with Crippen molar-refractivity contribution in [1.29, 1.82) is 0 Å². The van der Waals surface area contributed by atoms with Crippen LogP contribution in [0.1, 0.15) is 48.6 Å². The number of amides is 1. The second-order valence-electron chi connectivity index (χ2n) is 6.48. The zero-order valence-corrected chi connectivity index (χ0v) is 14.3. The van der Waals surface area contributed by atoms with E-state index in [9.17, 15) is 4.79 Å². The molecule has 0 aliphatic rings. The number of nitrogens with one attached hydrogen (secondary N) is 1. The first-order valence-electron chi connectivity index (χ1n) is 7.32. The smallest absolute Gasteiger partial charge is 0.241 e. The van der Waals surface area contributed by atoms with Gasteiger partial charge in [-0.15, -0.1) is 11.3 Å². The Labute approximate surface area is 135 Å². The lowest BCUT2D eigenvalue weighted by Gasteiger charge is -2.14. The Morgan fingerprint density at radius 2 is 1.95 bits per heavy atom. The van der Waals surface area contributed by atoms with Crippen LogP contribution in [0.25, 0.3) is 0 Å². The van der Waals surface area contributed by atoms with Crippen molar-refractivity contribution in [2.24, 2.45) is 5.73 Å². The van der Waals surface area contributed by atoms with E-state index < -0.39 is 6.04 Å². The van der Waals surface area contributed by atoms with Gasteiger partial charge < -0.3 is 11.1 Å². The maximum atomic E-state index is 12.1. The van der Waals surface area contributed by atoms with Crippen molar-refractivity contribution < 1.29 is 4.79 Å². The maximum absolute atomic E-state index is 12.1. The van der Waals surface area contributed by atoms with Crippen LogP contribution in [-0.2, 0) is 16.8 Å². The Bertz CT molecular complexity index is 641. The molecule has 1 unspecified atom stereocenters. The molecule has 4 nitrogen and oxygen atoms in total. The fourth-order valence-corrected chi connectivity index (χ4v) is 2.89. The summed E-state index contributed by atoms with van der Waals surface area (Å²) in [6.07, 6.45) is 0. The van der Waals surface area contributed by atoms with Crippen molar-refractivity contribution >= 4 is 17.2 Å². The summed E-state index contributed by atoms with van der Waals surface area (Å²) in [7, 11) is 0. The molecule has 0 aliphatic carbocycles. The Balaban J connectivity index is 1.95. The average Bonchev–Trinajstić information content (AvgIpc) is 2.94. The molecule has 22 heavy (non-hydrogen) atoms. The zero-order chi connectivity index (χ0) is 16.3. The second-order valence-corrected chi connectivity index (χ2v) is 7.43. The highest BCUT2D eigenvalue weighted by Gasteiger charge is 2.19. The Hall–Kier alpha value is -1.72. The van der Waals surface area contributed by atoms with Gasteiger partial charge in [0.25, 0.3) is 0 Å². The number of hydrogen-bond donors (Lipinski definition) is 2. The fraction of sp³-hybridized carbons (Fsp3) is 0.412. The number of nitrogens with zero attached hydrogens (tertiary/aromatic N) is 1. The van der Waals surface area contributed by atoms with Gasteiger partial charge in [-0.25, -0.2) is 4.98 Å². The first kappa shape index (κ1) is 16.6. The lowest BCUT2D eigenvalue weighted by molar-refractivity contribution is -0.122. The number of aryl methyl sites for hydroxylation is 1. The quantitative estimate of drug-likeness (QED) is 0.910. The van der Waals surface area contributed by atoms with E-state index in [2.05, 4.69) is 31.1 Å². The van der Waals surface area contributed by atoms with E-state index in [1.54, 1.807) is 11.3 Å². The van der Waals surface area contributed by atoms with Gasteiger partial charge in [0.05, 0.1) is 12.2 Å². The van der Waals surface area contributed by atoms with Crippen LogP contribution < -0.4 is 11.1 Å². The lowest BCUT2D eigenvalue weighted by Crippen LogP contribution is -2.33. The van der Waals surface area contributed by atoms with Gasteiger partial charge >= 0.3 is 0 Å². The Kier molecular flexibility index (Phi) is 4.98. The van der Waals surface area contributed by atoms with Crippen molar-refractivity contribution in [2.75, 3.05) is 0 Å².